The lowest BCUT2D eigenvalue weighted by molar-refractivity contribution is -0.171. The predicted molar refractivity (Wildman–Crippen MR) is 74.8 cm³/mol. The van der Waals surface area contributed by atoms with Gasteiger partial charge in [0.1, 0.15) is 6.04 Å². The van der Waals surface area contributed by atoms with Crippen LogP contribution in [0.5, 0.6) is 0 Å². The van der Waals surface area contributed by atoms with Crippen molar-refractivity contribution in [2.24, 2.45) is 0 Å². The predicted octanol–water partition coefficient (Wildman–Crippen LogP) is 1.80. The topological polar surface area (TPSA) is 50.8 Å². The molecule has 0 spiro atoms. The van der Waals surface area contributed by atoms with Crippen LogP contribution >= 0.6 is 0 Å². The second-order valence-electron chi connectivity index (χ2n) is 5.49. The number of morpholine rings is 1. The number of nitrogens with zero attached hydrogens (tertiary/aromatic N) is 1. The Morgan fingerprint density at radius 1 is 1.18 bits per heavy atom. The Kier molecular flexibility index (Phi) is 4.54. The van der Waals surface area contributed by atoms with E-state index in [1.54, 1.807) is 30.3 Å². The highest BCUT2D eigenvalue weighted by atomic mass is 19.3. The van der Waals surface area contributed by atoms with E-state index in [9.17, 15) is 13.6 Å². The van der Waals surface area contributed by atoms with E-state index in [0.717, 1.165) is 0 Å². The zero-order chi connectivity index (χ0) is 15.5. The fourth-order valence-corrected chi connectivity index (χ4v) is 2.78. The van der Waals surface area contributed by atoms with Gasteiger partial charge in [-0.3, -0.25) is 0 Å². The minimum Gasteiger partial charge on any atom is -0.376 e. The van der Waals surface area contributed by atoms with Crippen molar-refractivity contribution < 1.29 is 23.0 Å². The zero-order valence-corrected chi connectivity index (χ0v) is 12.0. The number of urea groups is 1. The molecule has 2 saturated heterocycles. The maximum Gasteiger partial charge on any atom is 0.318 e. The first-order valence-corrected chi connectivity index (χ1v) is 7.25. The van der Waals surface area contributed by atoms with E-state index in [0.29, 0.717) is 31.9 Å². The molecule has 22 heavy (non-hydrogen) atoms. The Morgan fingerprint density at radius 2 is 1.82 bits per heavy atom. The maximum absolute atomic E-state index is 13.3. The molecule has 2 aliphatic heterocycles. The number of nitrogens with one attached hydrogen (secondary N) is 1. The summed E-state index contributed by atoms with van der Waals surface area (Å²) in [6.45, 7) is 1.56. The quantitative estimate of drug-likeness (QED) is 0.926. The van der Waals surface area contributed by atoms with Crippen LogP contribution in [0.1, 0.15) is 11.6 Å². The fraction of sp³-hybridized carbons (Fsp3) is 0.533. The van der Waals surface area contributed by atoms with E-state index in [1.807, 2.05) is 0 Å². The summed E-state index contributed by atoms with van der Waals surface area (Å²) in [6, 6.07) is 6.46. The highest BCUT2D eigenvalue weighted by Crippen LogP contribution is 2.22. The van der Waals surface area contributed by atoms with Crippen LogP contribution in [0.15, 0.2) is 30.3 Å². The maximum atomic E-state index is 13.3. The molecule has 0 radical (unpaired) electrons. The highest BCUT2D eigenvalue weighted by molar-refractivity contribution is 5.75. The summed E-state index contributed by atoms with van der Waals surface area (Å²) >= 11 is 0. The highest BCUT2D eigenvalue weighted by Gasteiger charge is 2.35. The number of ether oxygens (including phenoxy) is 2. The van der Waals surface area contributed by atoms with Crippen LogP contribution in [0.2, 0.25) is 0 Å². The van der Waals surface area contributed by atoms with Gasteiger partial charge >= 0.3 is 6.03 Å². The van der Waals surface area contributed by atoms with Crippen molar-refractivity contribution in [3.63, 3.8) is 0 Å². The lowest BCUT2D eigenvalue weighted by atomic mass is 10.1. The number of carbonyl (C=O) groups is 1. The van der Waals surface area contributed by atoms with Crippen LogP contribution in [-0.2, 0) is 9.47 Å². The molecule has 5 nitrogen and oxygen atoms in total. The molecule has 0 aliphatic carbocycles. The Morgan fingerprint density at radius 3 is 2.41 bits per heavy atom. The monoisotopic (exact) mass is 312 g/mol. The van der Waals surface area contributed by atoms with Gasteiger partial charge in [-0.15, -0.1) is 0 Å². The van der Waals surface area contributed by atoms with Crippen LogP contribution in [0.25, 0.3) is 0 Å². The summed E-state index contributed by atoms with van der Waals surface area (Å²) in [6.07, 6.45) is -3.03. The normalized spacial score (nSPS) is 25.9. The molecule has 3 unspecified atom stereocenters. The second-order valence-corrected chi connectivity index (χ2v) is 5.49. The van der Waals surface area contributed by atoms with Crippen molar-refractivity contribution in [2.75, 3.05) is 26.3 Å². The van der Waals surface area contributed by atoms with Crippen molar-refractivity contribution in [1.82, 2.24) is 10.2 Å². The Balaban J connectivity index is 1.66. The van der Waals surface area contributed by atoms with E-state index in [2.05, 4.69) is 5.32 Å². The fourth-order valence-electron chi connectivity index (χ4n) is 2.78. The van der Waals surface area contributed by atoms with Crippen LogP contribution in [-0.4, -0.2) is 55.9 Å². The van der Waals surface area contributed by atoms with Gasteiger partial charge in [-0.05, 0) is 5.56 Å². The Labute approximate surface area is 127 Å². The van der Waals surface area contributed by atoms with Crippen molar-refractivity contribution in [3.05, 3.63) is 35.9 Å². The van der Waals surface area contributed by atoms with Crippen LogP contribution < -0.4 is 5.32 Å². The molecule has 1 aromatic carbocycles. The van der Waals surface area contributed by atoms with Gasteiger partial charge in [0.25, 0.3) is 6.43 Å². The molecule has 0 aromatic heterocycles. The third kappa shape index (κ3) is 3.36. The van der Waals surface area contributed by atoms with Gasteiger partial charge < -0.3 is 19.7 Å². The molecule has 120 valence electrons. The summed E-state index contributed by atoms with van der Waals surface area (Å²) in [4.78, 5) is 13.8. The lowest BCUT2D eigenvalue weighted by Crippen LogP contribution is -2.58. The molecule has 2 amide bonds. The molecule has 2 aliphatic rings. The molecule has 2 heterocycles. The minimum absolute atomic E-state index is 0.181. The van der Waals surface area contributed by atoms with Gasteiger partial charge in [-0.2, -0.15) is 0 Å². The van der Waals surface area contributed by atoms with Crippen molar-refractivity contribution >= 4 is 6.03 Å². The number of benzene rings is 1. The number of rotatable bonds is 3. The molecular weight excluding hydrogens is 294 g/mol. The van der Waals surface area contributed by atoms with E-state index in [1.165, 1.54) is 4.90 Å². The standard InChI is InChI=1S/C15H18F2N2O3/c16-14(17)13(10-4-2-1-3-5-10)18-15(20)19-6-11-8-21-9-12(7-19)22-11/h1-5,11-14H,6-9H2,(H,18,20). The second kappa shape index (κ2) is 6.58. The Bertz CT molecular complexity index is 503. The molecule has 2 bridgehead atoms. The van der Waals surface area contributed by atoms with Gasteiger partial charge in [0.05, 0.1) is 38.5 Å². The number of amides is 2. The number of alkyl halides is 2. The van der Waals surface area contributed by atoms with Crippen LogP contribution in [0, 0.1) is 0 Å². The summed E-state index contributed by atoms with van der Waals surface area (Å²) in [5.74, 6) is 0. The third-order valence-electron chi connectivity index (χ3n) is 3.82. The number of carbonyl (C=O) groups excluding carboxylic acids is 1. The van der Waals surface area contributed by atoms with Crippen LogP contribution in [0.4, 0.5) is 13.6 Å². The number of hydrogen-bond donors (Lipinski definition) is 1. The van der Waals surface area contributed by atoms with Gasteiger partial charge in [-0.1, -0.05) is 30.3 Å². The summed E-state index contributed by atoms with van der Waals surface area (Å²) in [5.41, 5.74) is 0.391. The van der Waals surface area contributed by atoms with E-state index in [-0.39, 0.29) is 12.2 Å². The van der Waals surface area contributed by atoms with E-state index in [4.69, 9.17) is 9.47 Å². The first-order chi connectivity index (χ1) is 10.6. The molecule has 7 heteroatoms. The summed E-state index contributed by atoms with van der Waals surface area (Å²) in [5, 5.41) is 2.43. The first kappa shape index (κ1) is 15.2. The SMILES string of the molecule is O=C(NC(c1ccccc1)C(F)F)N1CC2COCC(C1)O2. The average Bonchev–Trinajstić information content (AvgIpc) is 2.52. The summed E-state index contributed by atoms with van der Waals surface area (Å²) in [7, 11) is 0. The van der Waals surface area contributed by atoms with E-state index < -0.39 is 18.5 Å². The van der Waals surface area contributed by atoms with E-state index >= 15 is 0 Å². The van der Waals surface area contributed by atoms with Crippen molar-refractivity contribution in [3.8, 4) is 0 Å². The molecular formula is C15H18F2N2O3. The smallest absolute Gasteiger partial charge is 0.318 e. The largest absolute Gasteiger partial charge is 0.376 e. The molecule has 2 fully saturated rings. The first-order valence-electron chi connectivity index (χ1n) is 7.25. The number of fused-ring (bicyclic) bond motifs is 2. The van der Waals surface area contributed by atoms with Gasteiger partial charge in [0, 0.05) is 0 Å². The lowest BCUT2D eigenvalue weighted by Gasteiger charge is -2.41. The number of hydrogen-bond acceptors (Lipinski definition) is 3. The molecule has 1 N–H and O–H groups in total. The number of halogens is 2. The van der Waals surface area contributed by atoms with Crippen molar-refractivity contribution in [2.45, 2.75) is 24.7 Å². The zero-order valence-electron chi connectivity index (χ0n) is 12.0. The van der Waals surface area contributed by atoms with Gasteiger partial charge in [0.15, 0.2) is 0 Å². The molecule has 1 aromatic rings. The van der Waals surface area contributed by atoms with Crippen LogP contribution in [0.3, 0.4) is 0 Å². The Hall–Kier alpha value is -1.73. The van der Waals surface area contributed by atoms with Crippen molar-refractivity contribution in [1.29, 1.82) is 0 Å². The van der Waals surface area contributed by atoms with Gasteiger partial charge in [-0.25, -0.2) is 13.6 Å². The molecule has 3 rings (SSSR count). The molecule has 3 atom stereocenters. The summed E-state index contributed by atoms with van der Waals surface area (Å²) < 4.78 is 37.5. The average molecular weight is 312 g/mol. The van der Waals surface area contributed by atoms with Gasteiger partial charge in [0.2, 0.25) is 0 Å². The minimum atomic E-state index is -2.67. The molecule has 0 saturated carbocycles. The third-order valence-corrected chi connectivity index (χ3v) is 3.82.